The number of piperidine rings is 1. The maximum atomic E-state index is 4.62. The molecule has 0 unspecified atom stereocenters. The van der Waals surface area contributed by atoms with Crippen molar-refractivity contribution in [3.63, 3.8) is 0 Å². The van der Waals surface area contributed by atoms with Crippen molar-refractivity contribution in [3.05, 3.63) is 28.7 Å². The first-order chi connectivity index (χ1) is 9.72. The van der Waals surface area contributed by atoms with Crippen LogP contribution in [0.5, 0.6) is 0 Å². The van der Waals surface area contributed by atoms with Gasteiger partial charge in [0.1, 0.15) is 0 Å². The van der Waals surface area contributed by atoms with Crippen LogP contribution in [0.2, 0.25) is 0 Å². The van der Waals surface area contributed by atoms with Gasteiger partial charge in [-0.05, 0) is 45.7 Å². The van der Waals surface area contributed by atoms with Gasteiger partial charge in [-0.3, -0.25) is 9.80 Å². The van der Waals surface area contributed by atoms with E-state index in [1.165, 1.54) is 56.0 Å². The van der Waals surface area contributed by atoms with Gasteiger partial charge in [0.25, 0.3) is 0 Å². The molecule has 0 saturated carbocycles. The van der Waals surface area contributed by atoms with Crippen LogP contribution in [0.3, 0.4) is 0 Å². The molecule has 1 spiro atoms. The van der Waals surface area contributed by atoms with E-state index >= 15 is 0 Å². The Morgan fingerprint density at radius 1 is 1.40 bits per heavy atom. The smallest absolute Gasteiger partial charge is 0.0897 e. The summed E-state index contributed by atoms with van der Waals surface area (Å²) in [6.07, 6.45) is 7.44. The Morgan fingerprint density at radius 2 is 2.20 bits per heavy atom. The average molecular weight is 291 g/mol. The van der Waals surface area contributed by atoms with Gasteiger partial charge in [0.05, 0.1) is 10.7 Å². The lowest BCUT2D eigenvalue weighted by Crippen LogP contribution is -2.55. The second kappa shape index (κ2) is 5.96. The summed E-state index contributed by atoms with van der Waals surface area (Å²) in [4.78, 5) is 9.90. The van der Waals surface area contributed by atoms with Crippen molar-refractivity contribution in [2.75, 3.05) is 26.2 Å². The largest absolute Gasteiger partial charge is 0.296 e. The van der Waals surface area contributed by atoms with Gasteiger partial charge in [-0.1, -0.05) is 6.08 Å². The number of rotatable bonds is 4. The van der Waals surface area contributed by atoms with Crippen LogP contribution in [0.25, 0.3) is 0 Å². The molecule has 1 atom stereocenters. The number of nitrogens with zero attached hydrogens (tertiary/aromatic N) is 3. The zero-order valence-electron chi connectivity index (χ0n) is 12.5. The highest BCUT2D eigenvalue weighted by Crippen LogP contribution is 2.37. The average Bonchev–Trinajstić information content (AvgIpc) is 2.99. The van der Waals surface area contributed by atoms with Crippen LogP contribution >= 0.6 is 11.3 Å². The third-order valence-corrected chi connectivity index (χ3v) is 5.60. The van der Waals surface area contributed by atoms with Crippen LogP contribution in [0, 0.1) is 6.92 Å². The lowest BCUT2D eigenvalue weighted by atomic mass is 9.86. The van der Waals surface area contributed by atoms with Gasteiger partial charge in [-0.15, -0.1) is 17.9 Å². The Bertz CT molecular complexity index is 470. The molecule has 3 rings (SSSR count). The minimum absolute atomic E-state index is 0.414. The first-order valence-electron chi connectivity index (χ1n) is 7.71. The molecule has 0 amide bonds. The number of aromatic nitrogens is 1. The Kier molecular flexibility index (Phi) is 4.24. The monoisotopic (exact) mass is 291 g/mol. The fraction of sp³-hybridized carbons (Fsp3) is 0.688. The number of hydrogen-bond donors (Lipinski definition) is 0. The van der Waals surface area contributed by atoms with E-state index in [4.69, 9.17) is 0 Å². The van der Waals surface area contributed by atoms with Crippen molar-refractivity contribution >= 4 is 11.3 Å². The minimum atomic E-state index is 0.414. The van der Waals surface area contributed by atoms with E-state index in [2.05, 4.69) is 39.7 Å². The summed E-state index contributed by atoms with van der Waals surface area (Å²) >= 11 is 1.76. The van der Waals surface area contributed by atoms with Crippen molar-refractivity contribution < 1.29 is 0 Å². The van der Waals surface area contributed by atoms with Crippen LogP contribution < -0.4 is 0 Å². The maximum absolute atomic E-state index is 4.62. The van der Waals surface area contributed by atoms with E-state index in [1.807, 2.05) is 0 Å². The molecule has 0 N–H and O–H groups in total. The summed E-state index contributed by atoms with van der Waals surface area (Å²) in [5.41, 5.74) is 1.66. The van der Waals surface area contributed by atoms with Crippen LogP contribution in [0.4, 0.5) is 0 Å². The zero-order valence-corrected chi connectivity index (χ0v) is 13.3. The Balaban J connectivity index is 1.68. The Morgan fingerprint density at radius 3 is 2.90 bits per heavy atom. The molecule has 2 aliphatic heterocycles. The maximum Gasteiger partial charge on any atom is 0.0897 e. The highest BCUT2D eigenvalue weighted by atomic mass is 32.1. The van der Waals surface area contributed by atoms with Gasteiger partial charge in [-0.2, -0.15) is 0 Å². The third kappa shape index (κ3) is 2.83. The second-order valence-corrected chi connectivity index (χ2v) is 7.30. The fourth-order valence-electron chi connectivity index (χ4n) is 3.95. The van der Waals surface area contributed by atoms with Crippen LogP contribution in [0.15, 0.2) is 18.0 Å². The van der Waals surface area contributed by atoms with Gasteiger partial charge in [0, 0.05) is 30.6 Å². The van der Waals surface area contributed by atoms with Crippen molar-refractivity contribution in [3.8, 4) is 0 Å². The van der Waals surface area contributed by atoms with E-state index < -0.39 is 0 Å². The van der Waals surface area contributed by atoms with Crippen LogP contribution in [0.1, 0.15) is 36.4 Å². The first-order valence-corrected chi connectivity index (χ1v) is 8.59. The molecule has 2 fully saturated rings. The zero-order chi connectivity index (χ0) is 14.0. The third-order valence-electron chi connectivity index (χ3n) is 4.78. The minimum Gasteiger partial charge on any atom is -0.296 e. The Hall–Kier alpha value is -0.710. The fourth-order valence-corrected chi connectivity index (χ4v) is 4.55. The molecule has 3 heterocycles. The summed E-state index contributed by atoms with van der Waals surface area (Å²) in [5, 5.41) is 3.40. The number of likely N-dealkylation sites (tertiary alicyclic amines) is 2. The molecule has 2 aliphatic rings. The highest BCUT2D eigenvalue weighted by Gasteiger charge is 2.43. The molecule has 0 aromatic carbocycles. The molecule has 2 saturated heterocycles. The van der Waals surface area contributed by atoms with Gasteiger partial charge in [0.2, 0.25) is 0 Å². The first kappa shape index (κ1) is 14.2. The number of hydrogen-bond acceptors (Lipinski definition) is 4. The van der Waals surface area contributed by atoms with Crippen molar-refractivity contribution in [1.82, 2.24) is 14.8 Å². The van der Waals surface area contributed by atoms with E-state index in [9.17, 15) is 0 Å². The summed E-state index contributed by atoms with van der Waals surface area (Å²) in [6.45, 7) is 11.8. The standard InChI is InChI=1S/C16H25N3S/c1-3-8-19-10-5-7-16(19)6-4-9-18(13-16)11-15-12-20-14(2)17-15/h3,12H,1,4-11,13H2,2H3/t16-/m0/s1. The summed E-state index contributed by atoms with van der Waals surface area (Å²) in [6, 6.07) is 0. The van der Waals surface area contributed by atoms with Crippen molar-refractivity contribution in [2.24, 2.45) is 0 Å². The molecule has 110 valence electrons. The Labute approximate surface area is 126 Å². The summed E-state index contributed by atoms with van der Waals surface area (Å²) in [5.74, 6) is 0. The molecule has 0 radical (unpaired) electrons. The molecule has 0 aliphatic carbocycles. The van der Waals surface area contributed by atoms with E-state index in [1.54, 1.807) is 11.3 Å². The molecule has 20 heavy (non-hydrogen) atoms. The van der Waals surface area contributed by atoms with Crippen molar-refractivity contribution in [1.29, 1.82) is 0 Å². The van der Waals surface area contributed by atoms with Gasteiger partial charge in [-0.25, -0.2) is 4.98 Å². The molecule has 3 nitrogen and oxygen atoms in total. The summed E-state index contributed by atoms with van der Waals surface area (Å²) < 4.78 is 0. The van der Waals surface area contributed by atoms with Crippen LogP contribution in [-0.4, -0.2) is 46.5 Å². The number of aryl methyl sites for hydroxylation is 1. The predicted octanol–water partition coefficient (Wildman–Crippen LogP) is 3.07. The van der Waals surface area contributed by atoms with Gasteiger partial charge < -0.3 is 0 Å². The molecule has 4 heteroatoms. The van der Waals surface area contributed by atoms with E-state index in [-0.39, 0.29) is 0 Å². The van der Waals surface area contributed by atoms with Crippen molar-refractivity contribution in [2.45, 2.75) is 44.7 Å². The second-order valence-electron chi connectivity index (χ2n) is 6.23. The van der Waals surface area contributed by atoms with Gasteiger partial charge >= 0.3 is 0 Å². The van der Waals surface area contributed by atoms with E-state index in [0.717, 1.165) is 13.1 Å². The molecule has 1 aromatic heterocycles. The topological polar surface area (TPSA) is 19.4 Å². The molecular formula is C16H25N3S. The molecular weight excluding hydrogens is 266 g/mol. The summed E-state index contributed by atoms with van der Waals surface area (Å²) in [7, 11) is 0. The predicted molar refractivity (Wildman–Crippen MR) is 85.1 cm³/mol. The lowest BCUT2D eigenvalue weighted by molar-refractivity contribution is 0.0444. The molecule has 0 bridgehead atoms. The number of thiazole rings is 1. The lowest BCUT2D eigenvalue weighted by Gasteiger charge is -2.45. The normalized spacial score (nSPS) is 28.2. The SMILES string of the molecule is C=CCN1CCC[C@]12CCCN(Cc1csc(C)n1)C2. The molecule has 1 aromatic rings. The quantitative estimate of drug-likeness (QED) is 0.795. The van der Waals surface area contributed by atoms with Gasteiger partial charge in [0.15, 0.2) is 0 Å². The highest BCUT2D eigenvalue weighted by molar-refractivity contribution is 7.09. The van der Waals surface area contributed by atoms with E-state index in [0.29, 0.717) is 5.54 Å². The van der Waals surface area contributed by atoms with Crippen LogP contribution in [-0.2, 0) is 6.54 Å².